The lowest BCUT2D eigenvalue weighted by Gasteiger charge is -2.32. The molecule has 4 rings (SSSR count). The van der Waals surface area contributed by atoms with Crippen LogP contribution in [0.25, 0.3) is 0 Å². The molecule has 0 unspecified atom stereocenters. The van der Waals surface area contributed by atoms with Crippen LogP contribution in [0.15, 0.2) is 41.5 Å². The van der Waals surface area contributed by atoms with Gasteiger partial charge in [-0.3, -0.25) is 9.79 Å². The molecule has 0 aliphatic carbocycles. The molecule has 0 atom stereocenters. The van der Waals surface area contributed by atoms with E-state index >= 15 is 0 Å². The molecule has 1 aromatic carbocycles. The van der Waals surface area contributed by atoms with Crippen LogP contribution in [0.2, 0.25) is 0 Å². The van der Waals surface area contributed by atoms with Crippen molar-refractivity contribution in [2.45, 2.75) is 25.9 Å². The number of carbonyl (C=O) groups excluding carboxylic acids is 1. The van der Waals surface area contributed by atoms with Crippen LogP contribution >= 0.6 is 0 Å². The highest BCUT2D eigenvalue weighted by atomic mass is 16.7. The van der Waals surface area contributed by atoms with Crippen LogP contribution in [-0.4, -0.2) is 43.8 Å². The summed E-state index contributed by atoms with van der Waals surface area (Å²) in [5.41, 5.74) is 7.61. The van der Waals surface area contributed by atoms with Crippen molar-refractivity contribution in [2.75, 3.05) is 31.8 Å². The first-order chi connectivity index (χ1) is 15.1. The van der Waals surface area contributed by atoms with Crippen LogP contribution < -0.4 is 30.7 Å². The second-order valence-corrected chi connectivity index (χ2v) is 7.62. The number of anilines is 1. The molecule has 9 heteroatoms. The molecule has 2 aliphatic rings. The largest absolute Gasteiger partial charge is 0.454 e. The first kappa shape index (κ1) is 20.8. The van der Waals surface area contributed by atoms with Crippen LogP contribution in [0.3, 0.4) is 0 Å². The minimum absolute atomic E-state index is 0.0410. The molecule has 0 spiro atoms. The molecular weight excluding hydrogens is 396 g/mol. The van der Waals surface area contributed by atoms with Crippen molar-refractivity contribution in [3.8, 4) is 11.5 Å². The molecule has 0 saturated carbocycles. The highest BCUT2D eigenvalue weighted by Crippen LogP contribution is 2.32. The topological polar surface area (TPSA) is 114 Å². The average molecular weight is 425 g/mol. The van der Waals surface area contributed by atoms with Crippen molar-refractivity contribution in [3.63, 3.8) is 0 Å². The third-order valence-electron chi connectivity index (χ3n) is 5.63. The number of ether oxygens (including phenoxy) is 2. The molecule has 0 radical (unpaired) electrons. The summed E-state index contributed by atoms with van der Waals surface area (Å²) in [7, 11) is 1.74. The predicted molar refractivity (Wildman–Crippen MR) is 118 cm³/mol. The zero-order valence-electron chi connectivity index (χ0n) is 17.6. The Morgan fingerprint density at radius 2 is 1.97 bits per heavy atom. The highest BCUT2D eigenvalue weighted by molar-refractivity contribution is 5.80. The Labute approximate surface area is 181 Å². The molecule has 164 valence electrons. The fourth-order valence-corrected chi connectivity index (χ4v) is 3.87. The number of aromatic nitrogens is 1. The monoisotopic (exact) mass is 424 g/mol. The Kier molecular flexibility index (Phi) is 6.40. The van der Waals surface area contributed by atoms with E-state index in [1.165, 1.54) is 0 Å². The number of aliphatic imine (C=N–C) groups is 1. The Hall–Kier alpha value is -3.49. The van der Waals surface area contributed by atoms with Gasteiger partial charge >= 0.3 is 0 Å². The fraction of sp³-hybridized carbons (Fsp3) is 0.409. The number of pyridine rings is 1. The quantitative estimate of drug-likeness (QED) is 0.474. The Morgan fingerprint density at radius 1 is 1.19 bits per heavy atom. The van der Waals surface area contributed by atoms with Crippen LogP contribution in [0.4, 0.5) is 5.82 Å². The smallest absolute Gasteiger partial charge is 0.231 e. The lowest BCUT2D eigenvalue weighted by atomic mass is 9.96. The van der Waals surface area contributed by atoms with Crippen LogP contribution in [-0.2, 0) is 17.9 Å². The summed E-state index contributed by atoms with van der Waals surface area (Å²) in [5, 5.41) is 6.68. The minimum Gasteiger partial charge on any atom is -0.454 e. The van der Waals surface area contributed by atoms with Gasteiger partial charge in [0.1, 0.15) is 5.82 Å². The predicted octanol–water partition coefficient (Wildman–Crippen LogP) is 1.38. The third-order valence-corrected chi connectivity index (χ3v) is 5.63. The molecule has 2 aliphatic heterocycles. The van der Waals surface area contributed by atoms with Gasteiger partial charge in [-0.1, -0.05) is 12.1 Å². The van der Waals surface area contributed by atoms with Crippen molar-refractivity contribution in [1.29, 1.82) is 0 Å². The average Bonchev–Trinajstić information content (AvgIpc) is 3.27. The Bertz CT molecular complexity index is 956. The van der Waals surface area contributed by atoms with Gasteiger partial charge in [0.05, 0.1) is 0 Å². The Balaban J connectivity index is 1.33. The van der Waals surface area contributed by atoms with Crippen LogP contribution in [0.5, 0.6) is 11.5 Å². The van der Waals surface area contributed by atoms with Crippen molar-refractivity contribution >= 4 is 17.7 Å². The Morgan fingerprint density at radius 3 is 2.74 bits per heavy atom. The maximum absolute atomic E-state index is 11.4. The maximum Gasteiger partial charge on any atom is 0.231 e. The summed E-state index contributed by atoms with van der Waals surface area (Å²) < 4.78 is 10.8. The lowest BCUT2D eigenvalue weighted by molar-refractivity contribution is -0.122. The molecule has 1 amide bonds. The number of nitrogens with zero attached hydrogens (tertiary/aromatic N) is 3. The normalized spacial score (nSPS) is 16.3. The molecule has 2 aromatic rings. The second-order valence-electron chi connectivity index (χ2n) is 7.62. The molecule has 31 heavy (non-hydrogen) atoms. The molecular formula is C22H28N6O3. The van der Waals surface area contributed by atoms with Gasteiger partial charge in [0.2, 0.25) is 12.7 Å². The van der Waals surface area contributed by atoms with E-state index in [4.69, 9.17) is 15.2 Å². The number of nitrogens with two attached hydrogens (primary N) is 1. The fourth-order valence-electron chi connectivity index (χ4n) is 3.87. The molecule has 0 bridgehead atoms. The zero-order valence-corrected chi connectivity index (χ0v) is 17.6. The van der Waals surface area contributed by atoms with Crippen LogP contribution in [0.1, 0.15) is 24.0 Å². The molecule has 1 aromatic heterocycles. The highest BCUT2D eigenvalue weighted by Gasteiger charge is 2.25. The number of benzene rings is 1. The number of piperidine rings is 1. The van der Waals surface area contributed by atoms with Crippen molar-refractivity contribution in [1.82, 2.24) is 15.6 Å². The number of nitrogens with one attached hydrogen (secondary N) is 2. The maximum atomic E-state index is 11.4. The number of carbonyl (C=O) groups is 1. The van der Waals surface area contributed by atoms with Gasteiger partial charge in [-0.2, -0.15) is 0 Å². The van der Waals surface area contributed by atoms with Gasteiger partial charge in [-0.25, -0.2) is 4.98 Å². The molecule has 3 heterocycles. The number of rotatable bonds is 6. The van der Waals surface area contributed by atoms with E-state index in [-0.39, 0.29) is 18.6 Å². The van der Waals surface area contributed by atoms with Gasteiger partial charge in [0.15, 0.2) is 17.5 Å². The van der Waals surface area contributed by atoms with E-state index in [0.29, 0.717) is 19.0 Å². The number of amides is 1. The van der Waals surface area contributed by atoms with Gasteiger partial charge < -0.3 is 30.7 Å². The van der Waals surface area contributed by atoms with E-state index in [0.717, 1.165) is 54.4 Å². The zero-order chi connectivity index (χ0) is 21.6. The first-order valence-electron chi connectivity index (χ1n) is 10.4. The van der Waals surface area contributed by atoms with Crippen molar-refractivity contribution in [2.24, 2.45) is 16.6 Å². The summed E-state index contributed by atoms with van der Waals surface area (Å²) in [6.45, 7) is 3.00. The summed E-state index contributed by atoms with van der Waals surface area (Å²) in [4.78, 5) is 22.6. The number of hydrogen-bond acceptors (Lipinski definition) is 6. The summed E-state index contributed by atoms with van der Waals surface area (Å²) in [5.74, 6) is 2.92. The molecule has 9 nitrogen and oxygen atoms in total. The lowest BCUT2D eigenvalue weighted by Crippen LogP contribution is -2.40. The van der Waals surface area contributed by atoms with E-state index < -0.39 is 0 Å². The van der Waals surface area contributed by atoms with Crippen molar-refractivity contribution in [3.05, 3.63) is 47.7 Å². The number of fused-ring (bicyclic) bond motifs is 1. The summed E-state index contributed by atoms with van der Waals surface area (Å²) >= 11 is 0. The van der Waals surface area contributed by atoms with Gasteiger partial charge in [-0.05, 0) is 36.6 Å². The van der Waals surface area contributed by atoms with E-state index in [2.05, 4.69) is 31.6 Å². The van der Waals surface area contributed by atoms with Gasteiger partial charge in [0, 0.05) is 50.9 Å². The minimum atomic E-state index is -0.208. The second kappa shape index (κ2) is 9.55. The first-order valence-corrected chi connectivity index (χ1v) is 10.4. The van der Waals surface area contributed by atoms with Gasteiger partial charge in [-0.15, -0.1) is 0 Å². The number of guanidine groups is 1. The van der Waals surface area contributed by atoms with E-state index in [9.17, 15) is 4.79 Å². The van der Waals surface area contributed by atoms with E-state index in [1.807, 2.05) is 24.3 Å². The van der Waals surface area contributed by atoms with Crippen LogP contribution in [0, 0.1) is 5.92 Å². The van der Waals surface area contributed by atoms with Gasteiger partial charge in [0.25, 0.3) is 0 Å². The van der Waals surface area contributed by atoms with E-state index in [1.54, 1.807) is 13.2 Å². The molecule has 1 fully saturated rings. The molecule has 1 saturated heterocycles. The molecule has 4 N–H and O–H groups in total. The third kappa shape index (κ3) is 4.99. The standard InChI is InChI=1S/C22H28N6O3/c1-24-22(26-12-15-4-5-18-19(11-15)31-14-30-18)27-13-17-3-2-8-25-21(17)28-9-6-16(7-10-28)20(23)29/h2-5,8,11,16H,6-7,9-10,12-14H2,1H3,(H2,23,29)(H2,24,26,27). The summed E-state index contributed by atoms with van der Waals surface area (Å²) in [6.07, 6.45) is 3.32. The number of primary amides is 1. The summed E-state index contributed by atoms with van der Waals surface area (Å²) in [6, 6.07) is 9.87. The number of hydrogen-bond donors (Lipinski definition) is 3. The van der Waals surface area contributed by atoms with Crippen molar-refractivity contribution < 1.29 is 14.3 Å². The SMILES string of the molecule is CN=C(NCc1ccc2c(c1)OCO2)NCc1cccnc1N1CCC(C(N)=O)CC1.